The van der Waals surface area contributed by atoms with E-state index in [1.54, 1.807) is 0 Å². The molecule has 9 heteroatoms. The van der Waals surface area contributed by atoms with Crippen LogP contribution in [0.3, 0.4) is 0 Å². The van der Waals surface area contributed by atoms with Crippen LogP contribution in [0.5, 0.6) is 0 Å². The molecule has 2 bridgehead atoms. The average molecular weight is 451 g/mol. The lowest BCUT2D eigenvalue weighted by molar-refractivity contribution is -0.131. The number of hydrogen-bond acceptors (Lipinski definition) is 5. The highest BCUT2D eigenvalue weighted by atomic mass is 32.2. The van der Waals surface area contributed by atoms with Crippen molar-refractivity contribution in [2.75, 3.05) is 19.6 Å². The smallest absolute Gasteiger partial charge is 0.241 e. The molecule has 0 radical (unpaired) electrons. The third-order valence-corrected chi connectivity index (χ3v) is 8.79. The Labute approximate surface area is 183 Å². The summed E-state index contributed by atoms with van der Waals surface area (Å²) in [7, 11) is -3.74. The molecule has 0 spiro atoms. The maximum atomic E-state index is 13.2. The van der Waals surface area contributed by atoms with Crippen LogP contribution in [0.15, 0.2) is 34.2 Å². The Hall–Kier alpha value is -1.84. The van der Waals surface area contributed by atoms with Gasteiger partial charge < -0.3 is 10.2 Å². The predicted molar refractivity (Wildman–Crippen MR) is 117 cm³/mol. The maximum Gasteiger partial charge on any atom is 0.241 e. The molecule has 3 fully saturated rings. The van der Waals surface area contributed by atoms with Crippen molar-refractivity contribution >= 4 is 22.6 Å². The molecule has 2 N–H and O–H groups in total. The summed E-state index contributed by atoms with van der Waals surface area (Å²) < 4.78 is 41.9. The minimum absolute atomic E-state index is 0.0744. The van der Waals surface area contributed by atoms with E-state index in [2.05, 4.69) is 21.7 Å². The van der Waals surface area contributed by atoms with E-state index in [4.69, 9.17) is 0 Å². The number of benzene rings is 1. The zero-order chi connectivity index (χ0) is 22.1. The lowest BCUT2D eigenvalue weighted by Crippen LogP contribution is -2.55. The van der Waals surface area contributed by atoms with Crippen molar-refractivity contribution in [1.82, 2.24) is 14.9 Å². The Bertz CT molecular complexity index is 939. The van der Waals surface area contributed by atoms with Crippen LogP contribution in [0.25, 0.3) is 0 Å². The largest absolute Gasteiger partial charge is 0.337 e. The molecule has 7 nitrogen and oxygen atoms in total. The summed E-state index contributed by atoms with van der Waals surface area (Å²) in [4.78, 5) is 18.8. The SMILES string of the molecule is C=NCC1CCCN1C(=O)CNC12CCCC(NS(=O)(=O)c3ccc(F)cc3)(CC1)C2. The fourth-order valence-corrected chi connectivity index (χ4v) is 7.16. The first kappa shape index (κ1) is 22.4. The van der Waals surface area contributed by atoms with Crippen LogP contribution in [0.4, 0.5) is 4.39 Å². The Balaban J connectivity index is 1.40. The van der Waals surface area contributed by atoms with Crippen molar-refractivity contribution < 1.29 is 17.6 Å². The van der Waals surface area contributed by atoms with E-state index >= 15 is 0 Å². The molecule has 3 atom stereocenters. The molecule has 1 heterocycles. The van der Waals surface area contributed by atoms with Crippen molar-refractivity contribution in [2.45, 2.75) is 73.4 Å². The molecule has 3 unspecified atom stereocenters. The number of halogens is 1. The highest BCUT2D eigenvalue weighted by molar-refractivity contribution is 7.89. The van der Waals surface area contributed by atoms with Gasteiger partial charge in [0.25, 0.3) is 0 Å². The van der Waals surface area contributed by atoms with Crippen LogP contribution in [-0.2, 0) is 14.8 Å². The number of nitrogens with zero attached hydrogens (tertiary/aromatic N) is 2. The zero-order valence-electron chi connectivity index (χ0n) is 17.8. The molecule has 1 amide bonds. The lowest BCUT2D eigenvalue weighted by atomic mass is 9.79. The van der Waals surface area contributed by atoms with Gasteiger partial charge in [0, 0.05) is 17.6 Å². The molecule has 170 valence electrons. The van der Waals surface area contributed by atoms with Gasteiger partial charge in [-0.2, -0.15) is 0 Å². The minimum atomic E-state index is -3.74. The van der Waals surface area contributed by atoms with Crippen LogP contribution in [-0.4, -0.2) is 62.7 Å². The number of fused-ring (bicyclic) bond motifs is 2. The number of rotatable bonds is 8. The Morgan fingerprint density at radius 2 is 1.87 bits per heavy atom. The Kier molecular flexibility index (Phi) is 6.20. The van der Waals surface area contributed by atoms with E-state index in [1.807, 2.05) is 4.90 Å². The normalized spacial score (nSPS) is 30.5. The summed E-state index contributed by atoms with van der Waals surface area (Å²) in [5.41, 5.74) is -0.754. The van der Waals surface area contributed by atoms with Gasteiger partial charge in [-0.15, -0.1) is 0 Å². The molecule has 1 aromatic rings. The number of sulfonamides is 1. The van der Waals surface area contributed by atoms with E-state index < -0.39 is 21.4 Å². The first-order valence-corrected chi connectivity index (χ1v) is 12.5. The van der Waals surface area contributed by atoms with E-state index in [0.717, 1.165) is 63.6 Å². The second-order valence-electron chi connectivity index (χ2n) is 9.29. The number of likely N-dealkylation sites (tertiary alicyclic amines) is 1. The number of carbonyl (C=O) groups excluding carboxylic acids is 1. The van der Waals surface area contributed by atoms with Gasteiger partial charge in [0.15, 0.2) is 0 Å². The van der Waals surface area contributed by atoms with Gasteiger partial charge in [0.05, 0.1) is 24.0 Å². The van der Waals surface area contributed by atoms with Crippen LogP contribution < -0.4 is 10.0 Å². The van der Waals surface area contributed by atoms with E-state index in [9.17, 15) is 17.6 Å². The van der Waals surface area contributed by atoms with Crippen molar-refractivity contribution in [3.8, 4) is 0 Å². The summed E-state index contributed by atoms with van der Waals surface area (Å²) in [5, 5.41) is 3.50. The number of hydrogen-bond donors (Lipinski definition) is 2. The van der Waals surface area contributed by atoms with E-state index in [1.165, 1.54) is 12.1 Å². The van der Waals surface area contributed by atoms with Crippen LogP contribution in [0, 0.1) is 5.82 Å². The fourth-order valence-electron chi connectivity index (χ4n) is 5.70. The number of carbonyl (C=O) groups is 1. The molecule has 4 rings (SSSR count). The summed E-state index contributed by atoms with van der Waals surface area (Å²) in [5.74, 6) is -0.386. The monoisotopic (exact) mass is 450 g/mol. The van der Waals surface area contributed by atoms with E-state index in [0.29, 0.717) is 13.0 Å². The molecule has 2 saturated carbocycles. The first-order chi connectivity index (χ1) is 14.8. The first-order valence-electron chi connectivity index (χ1n) is 11.0. The van der Waals surface area contributed by atoms with Crippen molar-refractivity contribution in [2.24, 2.45) is 4.99 Å². The molecule has 1 aromatic carbocycles. The lowest BCUT2D eigenvalue weighted by Gasteiger charge is -2.40. The van der Waals surface area contributed by atoms with Gasteiger partial charge in [-0.1, -0.05) is 0 Å². The Morgan fingerprint density at radius 3 is 2.61 bits per heavy atom. The van der Waals surface area contributed by atoms with Crippen LogP contribution in [0.1, 0.15) is 51.4 Å². The highest BCUT2D eigenvalue weighted by Gasteiger charge is 2.52. The molecular weight excluding hydrogens is 419 g/mol. The van der Waals surface area contributed by atoms with Crippen LogP contribution in [0.2, 0.25) is 0 Å². The minimum Gasteiger partial charge on any atom is -0.337 e. The summed E-state index contributed by atoms with van der Waals surface area (Å²) in [6.07, 6.45) is 6.74. The maximum absolute atomic E-state index is 13.2. The van der Waals surface area contributed by atoms with Crippen molar-refractivity contribution in [3.05, 3.63) is 30.1 Å². The molecular formula is C22H31FN4O3S. The van der Waals surface area contributed by atoms with Crippen molar-refractivity contribution in [1.29, 1.82) is 0 Å². The van der Waals surface area contributed by atoms with Gasteiger partial charge in [0.1, 0.15) is 5.82 Å². The summed E-state index contributed by atoms with van der Waals surface area (Å²) in [6, 6.07) is 5.04. The van der Waals surface area contributed by atoms with Gasteiger partial charge in [-0.05, 0) is 82.3 Å². The predicted octanol–water partition coefficient (Wildman–Crippen LogP) is 2.23. The van der Waals surface area contributed by atoms with Gasteiger partial charge >= 0.3 is 0 Å². The van der Waals surface area contributed by atoms with Crippen LogP contribution >= 0.6 is 0 Å². The number of nitrogens with one attached hydrogen (secondary N) is 2. The molecule has 31 heavy (non-hydrogen) atoms. The molecule has 1 saturated heterocycles. The number of aliphatic imine (C=N–C) groups is 1. The quantitative estimate of drug-likeness (QED) is 0.595. The van der Waals surface area contributed by atoms with E-state index in [-0.39, 0.29) is 28.9 Å². The van der Waals surface area contributed by atoms with Gasteiger partial charge in [-0.25, -0.2) is 17.5 Å². The zero-order valence-corrected chi connectivity index (χ0v) is 18.6. The highest BCUT2D eigenvalue weighted by Crippen LogP contribution is 2.48. The number of amides is 1. The summed E-state index contributed by atoms with van der Waals surface area (Å²) in [6.45, 7) is 5.14. The van der Waals surface area contributed by atoms with Gasteiger partial charge in [0.2, 0.25) is 15.9 Å². The third kappa shape index (κ3) is 4.68. The average Bonchev–Trinajstić information content (AvgIpc) is 3.29. The fraction of sp³-hybridized carbons (Fsp3) is 0.636. The molecule has 3 aliphatic rings. The summed E-state index contributed by atoms with van der Waals surface area (Å²) >= 11 is 0. The topological polar surface area (TPSA) is 90.9 Å². The van der Waals surface area contributed by atoms with Crippen molar-refractivity contribution in [3.63, 3.8) is 0 Å². The van der Waals surface area contributed by atoms with Gasteiger partial charge in [-0.3, -0.25) is 9.79 Å². The molecule has 1 aliphatic heterocycles. The second kappa shape index (κ2) is 8.60. The Morgan fingerprint density at radius 1 is 1.16 bits per heavy atom. The molecule has 0 aromatic heterocycles. The second-order valence-corrected chi connectivity index (χ2v) is 11.0. The third-order valence-electron chi connectivity index (χ3n) is 7.20. The standard InChI is InChI=1S/C22H31FN4O3S/c1-24-14-18-4-2-13-27(18)20(28)15-25-21-9-3-10-22(16-21,12-11-21)26-31(29,30)19-7-5-17(23)6-8-19/h5-8,18,25-26H,1-4,9-16H2. The molecule has 2 aliphatic carbocycles.